The lowest BCUT2D eigenvalue weighted by Crippen LogP contribution is -2.39. The molecule has 1 aliphatic carbocycles. The molecule has 0 radical (unpaired) electrons. The van der Waals surface area contributed by atoms with Crippen molar-refractivity contribution < 1.29 is 4.43 Å². The largest absolute Gasteiger partial charge is 0.402 e. The van der Waals surface area contributed by atoms with E-state index in [-0.39, 0.29) is 11.0 Å². The highest BCUT2D eigenvalue weighted by molar-refractivity contribution is 6.69. The summed E-state index contributed by atoms with van der Waals surface area (Å²) in [6, 6.07) is 23.1. The van der Waals surface area contributed by atoms with E-state index in [4.69, 9.17) is 4.43 Å². The van der Waals surface area contributed by atoms with E-state index in [0.717, 1.165) is 37.7 Å². The molecule has 1 aliphatic rings. The van der Waals surface area contributed by atoms with E-state index < -0.39 is 8.32 Å². The van der Waals surface area contributed by atoms with E-state index in [1.165, 1.54) is 51.8 Å². The molecule has 39 heavy (non-hydrogen) atoms. The molecule has 1 fully saturated rings. The van der Waals surface area contributed by atoms with Crippen LogP contribution in [0.15, 0.2) is 60.7 Å². The zero-order valence-electron chi connectivity index (χ0n) is 25.6. The highest BCUT2D eigenvalue weighted by Gasteiger charge is 2.37. The zero-order valence-corrected chi connectivity index (χ0v) is 26.6. The van der Waals surface area contributed by atoms with Crippen molar-refractivity contribution >= 4 is 8.32 Å². The minimum Gasteiger partial charge on any atom is -0.402 e. The molecule has 0 aliphatic heterocycles. The van der Waals surface area contributed by atoms with Crippen LogP contribution < -0.4 is 0 Å². The fourth-order valence-electron chi connectivity index (χ4n) is 6.51. The van der Waals surface area contributed by atoms with Crippen molar-refractivity contribution in [3.8, 4) is 23.0 Å². The summed E-state index contributed by atoms with van der Waals surface area (Å²) in [5.41, 5.74) is 10.3. The smallest absolute Gasteiger partial charge is 0.185 e. The van der Waals surface area contributed by atoms with Crippen LogP contribution in [0, 0.1) is 25.7 Å². The molecule has 3 aromatic rings. The maximum atomic E-state index is 6.65. The van der Waals surface area contributed by atoms with Crippen molar-refractivity contribution in [1.82, 2.24) is 0 Å². The second-order valence-corrected chi connectivity index (χ2v) is 17.0. The first-order valence-electron chi connectivity index (χ1n) is 15.1. The molecule has 1 saturated carbocycles. The van der Waals surface area contributed by atoms with Gasteiger partial charge in [0.1, 0.15) is 5.60 Å². The summed E-state index contributed by atoms with van der Waals surface area (Å²) in [5.74, 6) is 7.19. The van der Waals surface area contributed by atoms with E-state index in [9.17, 15) is 0 Å². The van der Waals surface area contributed by atoms with Crippen LogP contribution in [-0.4, -0.2) is 13.9 Å². The highest BCUT2D eigenvalue weighted by atomic mass is 28.4. The minimum atomic E-state index is -1.67. The third kappa shape index (κ3) is 6.42. The molecular weight excluding hydrogens is 488 g/mol. The molecule has 0 amide bonds. The molecule has 0 atom stereocenters. The number of benzene rings is 3. The lowest BCUT2D eigenvalue weighted by atomic mass is 9.69. The van der Waals surface area contributed by atoms with Gasteiger partial charge >= 0.3 is 0 Å². The number of hydrogen-bond acceptors (Lipinski definition) is 1. The second-order valence-electron chi connectivity index (χ2n) is 12.6. The van der Waals surface area contributed by atoms with Gasteiger partial charge in [0.25, 0.3) is 0 Å². The number of rotatable bonds is 8. The molecule has 3 aromatic carbocycles. The van der Waals surface area contributed by atoms with Crippen LogP contribution in [-0.2, 0) is 16.3 Å². The van der Waals surface area contributed by atoms with E-state index in [1.807, 2.05) is 0 Å². The fraction of sp³-hybridized carbons (Fsp3) is 0.459. The molecule has 4 rings (SSSR count). The highest BCUT2D eigenvalue weighted by Crippen LogP contribution is 2.41. The Morgan fingerprint density at radius 3 is 1.90 bits per heavy atom. The Kier molecular flexibility index (Phi) is 8.94. The Hall–Kier alpha value is -2.60. The summed E-state index contributed by atoms with van der Waals surface area (Å²) in [7, 11) is -1.67. The predicted molar refractivity (Wildman–Crippen MR) is 171 cm³/mol. The summed E-state index contributed by atoms with van der Waals surface area (Å²) in [6.07, 6.45) is 7.76. The average Bonchev–Trinajstić information content (AvgIpc) is 3.36. The minimum absolute atomic E-state index is 0.0142. The van der Waals surface area contributed by atoms with Gasteiger partial charge in [-0.15, -0.1) is 0 Å². The predicted octanol–water partition coefficient (Wildman–Crippen LogP) is 10.2. The van der Waals surface area contributed by atoms with Crippen molar-refractivity contribution in [2.75, 3.05) is 0 Å². The average molecular weight is 537 g/mol. The lowest BCUT2D eigenvalue weighted by molar-refractivity contribution is 0.130. The topological polar surface area (TPSA) is 9.23 Å². The van der Waals surface area contributed by atoms with E-state index in [0.29, 0.717) is 0 Å². The molecule has 0 bridgehead atoms. The van der Waals surface area contributed by atoms with Gasteiger partial charge in [0.05, 0.1) is 0 Å². The number of aryl methyl sites for hydroxylation is 3. The molecule has 0 N–H and O–H groups in total. The molecule has 206 valence electrons. The Morgan fingerprint density at radius 1 is 0.795 bits per heavy atom. The van der Waals surface area contributed by atoms with Crippen LogP contribution >= 0.6 is 0 Å². The molecule has 0 spiro atoms. The van der Waals surface area contributed by atoms with Crippen LogP contribution in [0.3, 0.4) is 0 Å². The Morgan fingerprint density at radius 2 is 1.38 bits per heavy atom. The first kappa shape index (κ1) is 29.4. The van der Waals surface area contributed by atoms with Crippen LogP contribution in [0.1, 0.15) is 92.7 Å². The van der Waals surface area contributed by atoms with Crippen molar-refractivity contribution in [2.45, 2.75) is 110 Å². The van der Waals surface area contributed by atoms with Gasteiger partial charge in [-0.25, -0.2) is 0 Å². The normalized spacial score (nSPS) is 15.2. The molecule has 2 heteroatoms. The van der Waals surface area contributed by atoms with Crippen molar-refractivity contribution in [1.29, 1.82) is 0 Å². The summed E-state index contributed by atoms with van der Waals surface area (Å²) >= 11 is 0. The van der Waals surface area contributed by atoms with Gasteiger partial charge < -0.3 is 4.43 Å². The van der Waals surface area contributed by atoms with Gasteiger partial charge in [-0.1, -0.05) is 87.2 Å². The lowest BCUT2D eigenvalue weighted by Gasteiger charge is -2.34. The van der Waals surface area contributed by atoms with Crippen molar-refractivity contribution in [3.63, 3.8) is 0 Å². The summed E-state index contributed by atoms with van der Waals surface area (Å²) in [4.78, 5) is 0. The summed E-state index contributed by atoms with van der Waals surface area (Å²) in [6.45, 7) is 18.2. The molecule has 0 saturated heterocycles. The molecule has 0 aromatic heterocycles. The van der Waals surface area contributed by atoms with E-state index in [2.05, 4.69) is 127 Å². The maximum Gasteiger partial charge on any atom is 0.185 e. The third-order valence-electron chi connectivity index (χ3n) is 8.78. The Bertz CT molecular complexity index is 1340. The van der Waals surface area contributed by atoms with Gasteiger partial charge in [0.15, 0.2) is 8.32 Å². The Balaban J connectivity index is 1.67. The van der Waals surface area contributed by atoms with E-state index >= 15 is 0 Å². The van der Waals surface area contributed by atoms with E-state index in [1.54, 1.807) is 0 Å². The fourth-order valence-corrected chi connectivity index (χ4v) is 7.93. The standard InChI is InChI=1S/C37H48OSi/c1-9-30-14-16-32(17-15-30)35-21-20-34(27-29(35)5)37(10-2,11-3)33-19-18-31(28(4)26-33)22-25-36(23-12-13-24-36)38-39(6,7)8/h14-21,26-27H,9-13,23-24H2,1-8H3. The first-order chi connectivity index (χ1) is 18.5. The van der Waals surface area contributed by atoms with Crippen LogP contribution in [0.4, 0.5) is 0 Å². The molecule has 1 nitrogen and oxygen atoms in total. The van der Waals surface area contributed by atoms with Gasteiger partial charge in [-0.2, -0.15) is 0 Å². The van der Waals surface area contributed by atoms with Crippen LogP contribution in [0.2, 0.25) is 19.6 Å². The first-order valence-corrected chi connectivity index (χ1v) is 18.5. The molecule has 0 heterocycles. The maximum absolute atomic E-state index is 6.65. The monoisotopic (exact) mass is 536 g/mol. The summed E-state index contributed by atoms with van der Waals surface area (Å²) < 4.78 is 6.65. The SMILES string of the molecule is CCc1ccc(-c2ccc(C(CC)(CC)c3ccc(C#CC4(O[Si](C)(C)C)CCCC4)c(C)c3)cc2C)cc1. The summed E-state index contributed by atoms with van der Waals surface area (Å²) in [5, 5.41) is 0. The molecular formula is C37H48OSi. The quantitative estimate of drug-likeness (QED) is 0.205. The van der Waals surface area contributed by atoms with Gasteiger partial charge in [0.2, 0.25) is 0 Å². The second kappa shape index (κ2) is 11.9. The zero-order chi connectivity index (χ0) is 28.3. The molecule has 0 unspecified atom stereocenters. The van der Waals surface area contributed by atoms with Crippen molar-refractivity contribution in [3.05, 3.63) is 94.0 Å². The van der Waals surface area contributed by atoms with Crippen LogP contribution in [0.25, 0.3) is 11.1 Å². The van der Waals surface area contributed by atoms with Crippen molar-refractivity contribution in [2.24, 2.45) is 0 Å². The van der Waals surface area contributed by atoms with Crippen LogP contribution in [0.5, 0.6) is 0 Å². The van der Waals surface area contributed by atoms with Gasteiger partial charge in [-0.3, -0.25) is 0 Å². The van der Waals surface area contributed by atoms with Gasteiger partial charge in [0, 0.05) is 11.0 Å². The number of hydrogen-bond donors (Lipinski definition) is 0. The Labute approximate surface area is 239 Å². The van der Waals surface area contributed by atoms with Gasteiger partial charge in [-0.05, 0) is 123 Å². The third-order valence-corrected chi connectivity index (χ3v) is 9.78.